The third kappa shape index (κ3) is 8.18. The molecule has 0 atom stereocenters. The molecule has 148 valence electrons. The molecular formula is C21H29ClN2O3. The van der Waals surface area contributed by atoms with Gasteiger partial charge in [-0.25, -0.2) is 0 Å². The Morgan fingerprint density at radius 2 is 1.63 bits per heavy atom. The van der Waals surface area contributed by atoms with Crippen LogP contribution in [0.3, 0.4) is 0 Å². The first-order chi connectivity index (χ1) is 13.2. The first-order valence-corrected chi connectivity index (χ1v) is 9.76. The summed E-state index contributed by atoms with van der Waals surface area (Å²) >= 11 is 5.92. The molecule has 27 heavy (non-hydrogen) atoms. The molecule has 0 aromatic heterocycles. The highest BCUT2D eigenvalue weighted by Gasteiger charge is 2.07. The van der Waals surface area contributed by atoms with E-state index in [9.17, 15) is 0 Å². The summed E-state index contributed by atoms with van der Waals surface area (Å²) in [6, 6.07) is 13.7. The highest BCUT2D eigenvalue weighted by molar-refractivity contribution is 6.30. The number of aliphatic hydroxyl groups is 1. The van der Waals surface area contributed by atoms with E-state index in [0.717, 1.165) is 53.7 Å². The predicted octanol–water partition coefficient (Wildman–Crippen LogP) is 3.38. The molecule has 0 aliphatic heterocycles. The van der Waals surface area contributed by atoms with Crippen molar-refractivity contribution < 1.29 is 14.6 Å². The molecule has 0 unspecified atom stereocenters. The molecule has 0 bridgehead atoms. The fraction of sp³-hybridized carbons (Fsp3) is 0.429. The number of rotatable bonds is 13. The van der Waals surface area contributed by atoms with E-state index in [1.54, 1.807) is 0 Å². The molecular weight excluding hydrogens is 364 g/mol. The highest BCUT2D eigenvalue weighted by Crippen LogP contribution is 2.29. The van der Waals surface area contributed by atoms with Gasteiger partial charge in [0, 0.05) is 18.1 Å². The van der Waals surface area contributed by atoms with Gasteiger partial charge in [-0.2, -0.15) is 0 Å². The molecule has 5 nitrogen and oxygen atoms in total. The highest BCUT2D eigenvalue weighted by atomic mass is 35.5. The van der Waals surface area contributed by atoms with Crippen LogP contribution in [0.5, 0.6) is 11.5 Å². The van der Waals surface area contributed by atoms with Crippen LogP contribution < -0.4 is 20.1 Å². The van der Waals surface area contributed by atoms with E-state index in [1.807, 2.05) is 43.3 Å². The van der Waals surface area contributed by atoms with Crippen molar-refractivity contribution in [2.24, 2.45) is 0 Å². The van der Waals surface area contributed by atoms with Crippen molar-refractivity contribution >= 4 is 11.6 Å². The first-order valence-electron chi connectivity index (χ1n) is 9.38. The van der Waals surface area contributed by atoms with Crippen molar-refractivity contribution in [1.29, 1.82) is 0 Å². The number of halogens is 1. The van der Waals surface area contributed by atoms with Gasteiger partial charge in [0.1, 0.15) is 6.61 Å². The average Bonchev–Trinajstić information content (AvgIpc) is 2.68. The zero-order valence-electron chi connectivity index (χ0n) is 15.8. The second-order valence-corrected chi connectivity index (χ2v) is 6.57. The standard InChI is InChI=1S/C21H29ClN2O3/c1-2-26-21-14-18(15-24-11-3-10-23-12-13-25)6-9-20(21)27-16-17-4-7-19(22)8-5-17/h4-9,14,23-25H,2-3,10-13,15-16H2,1H3. The second kappa shape index (κ2) is 12.6. The van der Waals surface area contributed by atoms with Crippen molar-refractivity contribution in [3.05, 3.63) is 58.6 Å². The SMILES string of the molecule is CCOc1cc(CNCCCNCCO)ccc1OCc1ccc(Cl)cc1. The summed E-state index contributed by atoms with van der Waals surface area (Å²) < 4.78 is 11.7. The van der Waals surface area contributed by atoms with Gasteiger partial charge in [-0.1, -0.05) is 29.8 Å². The van der Waals surface area contributed by atoms with Gasteiger partial charge < -0.3 is 25.2 Å². The van der Waals surface area contributed by atoms with Crippen LogP contribution in [0.15, 0.2) is 42.5 Å². The lowest BCUT2D eigenvalue weighted by Crippen LogP contribution is -2.23. The molecule has 0 spiro atoms. The van der Waals surface area contributed by atoms with Crippen LogP contribution in [-0.2, 0) is 13.2 Å². The largest absolute Gasteiger partial charge is 0.490 e. The summed E-state index contributed by atoms with van der Waals surface area (Å²) in [7, 11) is 0. The Labute approximate surface area is 166 Å². The Morgan fingerprint density at radius 3 is 2.37 bits per heavy atom. The van der Waals surface area contributed by atoms with Gasteiger partial charge in [0.25, 0.3) is 0 Å². The zero-order chi connectivity index (χ0) is 19.3. The maximum absolute atomic E-state index is 8.72. The third-order valence-corrected chi connectivity index (χ3v) is 4.19. The monoisotopic (exact) mass is 392 g/mol. The van der Waals surface area contributed by atoms with E-state index < -0.39 is 0 Å². The fourth-order valence-electron chi connectivity index (χ4n) is 2.57. The summed E-state index contributed by atoms with van der Waals surface area (Å²) in [4.78, 5) is 0. The summed E-state index contributed by atoms with van der Waals surface area (Å²) in [5.74, 6) is 1.50. The average molecular weight is 393 g/mol. The Balaban J connectivity index is 1.84. The van der Waals surface area contributed by atoms with Gasteiger partial charge in [-0.3, -0.25) is 0 Å². The normalized spacial score (nSPS) is 10.8. The lowest BCUT2D eigenvalue weighted by Gasteiger charge is -2.14. The number of nitrogens with one attached hydrogen (secondary N) is 2. The first kappa shape index (κ1) is 21.5. The second-order valence-electron chi connectivity index (χ2n) is 6.13. The number of hydrogen-bond donors (Lipinski definition) is 3. The Hall–Kier alpha value is -1.79. The van der Waals surface area contributed by atoms with Gasteiger partial charge in [0.2, 0.25) is 0 Å². The molecule has 0 saturated carbocycles. The topological polar surface area (TPSA) is 62.8 Å². The van der Waals surface area contributed by atoms with Crippen molar-refractivity contribution in [2.45, 2.75) is 26.5 Å². The van der Waals surface area contributed by atoms with Crippen molar-refractivity contribution in [2.75, 3.05) is 32.8 Å². The molecule has 0 aliphatic rings. The van der Waals surface area contributed by atoms with E-state index in [2.05, 4.69) is 16.7 Å². The van der Waals surface area contributed by atoms with E-state index in [4.69, 9.17) is 26.2 Å². The van der Waals surface area contributed by atoms with Crippen LogP contribution in [0.25, 0.3) is 0 Å². The van der Waals surface area contributed by atoms with Gasteiger partial charge in [-0.15, -0.1) is 0 Å². The number of benzene rings is 2. The van der Waals surface area contributed by atoms with Crippen molar-refractivity contribution in [3.8, 4) is 11.5 Å². The van der Waals surface area contributed by atoms with Crippen molar-refractivity contribution in [1.82, 2.24) is 10.6 Å². The van der Waals surface area contributed by atoms with Crippen LogP contribution in [0.2, 0.25) is 5.02 Å². The Morgan fingerprint density at radius 1 is 0.889 bits per heavy atom. The molecule has 2 aromatic carbocycles. The molecule has 2 aromatic rings. The lowest BCUT2D eigenvalue weighted by molar-refractivity contribution is 0.269. The minimum Gasteiger partial charge on any atom is -0.490 e. The molecule has 0 heterocycles. The molecule has 0 saturated heterocycles. The van der Waals surface area contributed by atoms with Gasteiger partial charge in [0.15, 0.2) is 11.5 Å². The van der Waals surface area contributed by atoms with Crippen LogP contribution in [0.4, 0.5) is 0 Å². The molecule has 6 heteroatoms. The maximum atomic E-state index is 8.72. The molecule has 0 radical (unpaired) electrons. The molecule has 2 rings (SSSR count). The minimum atomic E-state index is 0.181. The van der Waals surface area contributed by atoms with E-state index in [-0.39, 0.29) is 6.61 Å². The number of hydrogen-bond acceptors (Lipinski definition) is 5. The molecule has 0 aliphatic carbocycles. The maximum Gasteiger partial charge on any atom is 0.161 e. The number of aliphatic hydroxyl groups excluding tert-OH is 1. The van der Waals surface area contributed by atoms with Crippen molar-refractivity contribution in [3.63, 3.8) is 0 Å². The van der Waals surface area contributed by atoms with E-state index in [1.165, 1.54) is 0 Å². The summed E-state index contributed by atoms with van der Waals surface area (Å²) in [5.41, 5.74) is 2.21. The van der Waals surface area contributed by atoms with Gasteiger partial charge in [0.05, 0.1) is 13.2 Å². The summed E-state index contributed by atoms with van der Waals surface area (Å²) in [6.45, 7) is 6.44. The van der Waals surface area contributed by atoms with Gasteiger partial charge in [-0.05, 0) is 61.8 Å². The van der Waals surface area contributed by atoms with Crippen LogP contribution in [0.1, 0.15) is 24.5 Å². The minimum absolute atomic E-state index is 0.181. The lowest BCUT2D eigenvalue weighted by atomic mass is 10.2. The Kier molecular flexibility index (Phi) is 10.0. The zero-order valence-corrected chi connectivity index (χ0v) is 16.6. The molecule has 0 fully saturated rings. The Bertz CT molecular complexity index is 665. The quantitative estimate of drug-likeness (QED) is 0.456. The van der Waals surface area contributed by atoms with Crippen LogP contribution in [-0.4, -0.2) is 38.0 Å². The smallest absolute Gasteiger partial charge is 0.161 e. The molecule has 0 amide bonds. The van der Waals surface area contributed by atoms with Crippen LogP contribution >= 0.6 is 11.6 Å². The fourth-order valence-corrected chi connectivity index (χ4v) is 2.69. The number of ether oxygens (including phenoxy) is 2. The molecule has 3 N–H and O–H groups in total. The van der Waals surface area contributed by atoms with Crippen LogP contribution in [0, 0.1) is 0 Å². The van der Waals surface area contributed by atoms with E-state index in [0.29, 0.717) is 19.8 Å². The summed E-state index contributed by atoms with van der Waals surface area (Å²) in [6.07, 6.45) is 1.01. The van der Waals surface area contributed by atoms with Gasteiger partial charge >= 0.3 is 0 Å². The predicted molar refractivity (Wildman–Crippen MR) is 110 cm³/mol. The summed E-state index contributed by atoms with van der Waals surface area (Å²) in [5, 5.41) is 16.0. The third-order valence-electron chi connectivity index (χ3n) is 3.94. The van der Waals surface area contributed by atoms with E-state index >= 15 is 0 Å².